The van der Waals surface area contributed by atoms with Gasteiger partial charge < -0.3 is 24.5 Å². The lowest BCUT2D eigenvalue weighted by Crippen LogP contribution is -2.45. The molecule has 1 unspecified atom stereocenters. The summed E-state index contributed by atoms with van der Waals surface area (Å²) in [5.74, 6) is -1.32. The van der Waals surface area contributed by atoms with Crippen molar-refractivity contribution < 1.29 is 28.3 Å². The summed E-state index contributed by atoms with van der Waals surface area (Å²) in [5, 5.41) is 5.16. The van der Waals surface area contributed by atoms with Crippen LogP contribution in [0.3, 0.4) is 0 Å². The van der Waals surface area contributed by atoms with E-state index in [9.17, 15) is 14.4 Å². The smallest absolute Gasteiger partial charge is 0.337 e. The van der Waals surface area contributed by atoms with E-state index in [1.807, 2.05) is 6.07 Å². The van der Waals surface area contributed by atoms with Crippen molar-refractivity contribution in [1.82, 2.24) is 10.2 Å². The Morgan fingerprint density at radius 2 is 1.83 bits per heavy atom. The van der Waals surface area contributed by atoms with Gasteiger partial charge in [0.1, 0.15) is 5.76 Å². The predicted molar refractivity (Wildman–Crippen MR) is 103 cm³/mol. The van der Waals surface area contributed by atoms with Crippen molar-refractivity contribution in [3.05, 3.63) is 54.0 Å². The zero-order chi connectivity index (χ0) is 20.6. The Labute approximate surface area is 167 Å². The van der Waals surface area contributed by atoms with Gasteiger partial charge in [0.2, 0.25) is 0 Å². The molecule has 0 bridgehead atoms. The van der Waals surface area contributed by atoms with Crippen molar-refractivity contribution in [1.29, 1.82) is 0 Å². The van der Waals surface area contributed by atoms with E-state index in [1.54, 1.807) is 12.3 Å². The van der Waals surface area contributed by atoms with Gasteiger partial charge >= 0.3 is 17.8 Å². The summed E-state index contributed by atoms with van der Waals surface area (Å²) < 4.78 is 15.5. The van der Waals surface area contributed by atoms with E-state index < -0.39 is 17.8 Å². The van der Waals surface area contributed by atoms with E-state index in [2.05, 4.69) is 20.3 Å². The van der Waals surface area contributed by atoms with Crippen LogP contribution in [0.25, 0.3) is 0 Å². The lowest BCUT2D eigenvalue weighted by atomic mass is 10.1. The van der Waals surface area contributed by atoms with Crippen LogP contribution in [-0.4, -0.2) is 62.6 Å². The summed E-state index contributed by atoms with van der Waals surface area (Å²) in [6, 6.07) is 9.50. The van der Waals surface area contributed by atoms with Gasteiger partial charge in [-0.15, -0.1) is 0 Å². The van der Waals surface area contributed by atoms with Gasteiger partial charge in [0.15, 0.2) is 0 Å². The van der Waals surface area contributed by atoms with Crippen LogP contribution < -0.4 is 10.6 Å². The average molecular weight is 401 g/mol. The fraction of sp³-hybridized carbons (Fsp3) is 0.350. The number of rotatable bonds is 6. The predicted octanol–water partition coefficient (Wildman–Crippen LogP) is 1.19. The molecule has 2 N–H and O–H groups in total. The van der Waals surface area contributed by atoms with E-state index in [0.29, 0.717) is 43.3 Å². The molecule has 9 heteroatoms. The molecule has 1 aliphatic heterocycles. The number of amides is 2. The van der Waals surface area contributed by atoms with Crippen LogP contribution >= 0.6 is 0 Å². The SMILES string of the molecule is COC(=O)c1ccc(NC(=O)C(=O)NCC(c2ccco2)N2CCOCC2)cc1. The van der Waals surface area contributed by atoms with Gasteiger partial charge in [-0.25, -0.2) is 4.79 Å². The molecule has 2 aromatic rings. The van der Waals surface area contributed by atoms with E-state index in [-0.39, 0.29) is 12.6 Å². The number of hydrogen-bond donors (Lipinski definition) is 2. The molecule has 29 heavy (non-hydrogen) atoms. The van der Waals surface area contributed by atoms with E-state index in [4.69, 9.17) is 9.15 Å². The zero-order valence-corrected chi connectivity index (χ0v) is 16.1. The number of carbonyl (C=O) groups excluding carboxylic acids is 3. The fourth-order valence-corrected chi connectivity index (χ4v) is 3.04. The van der Waals surface area contributed by atoms with E-state index in [0.717, 1.165) is 0 Å². The molecule has 1 atom stereocenters. The topological polar surface area (TPSA) is 110 Å². The van der Waals surface area contributed by atoms with Crippen LogP contribution in [0.4, 0.5) is 5.69 Å². The monoisotopic (exact) mass is 401 g/mol. The van der Waals surface area contributed by atoms with Gasteiger partial charge in [-0.05, 0) is 36.4 Å². The van der Waals surface area contributed by atoms with Crippen LogP contribution in [-0.2, 0) is 19.1 Å². The first-order chi connectivity index (χ1) is 14.1. The number of benzene rings is 1. The molecule has 0 saturated carbocycles. The Bertz CT molecular complexity index is 828. The molecular formula is C20H23N3O6. The van der Waals surface area contributed by atoms with Crippen LogP contribution in [0.15, 0.2) is 47.1 Å². The van der Waals surface area contributed by atoms with Gasteiger partial charge in [-0.2, -0.15) is 0 Å². The minimum absolute atomic E-state index is 0.190. The first-order valence-electron chi connectivity index (χ1n) is 9.21. The maximum atomic E-state index is 12.3. The highest BCUT2D eigenvalue weighted by atomic mass is 16.5. The Balaban J connectivity index is 1.56. The number of hydrogen-bond acceptors (Lipinski definition) is 7. The molecule has 154 valence electrons. The molecule has 1 aromatic carbocycles. The number of esters is 1. The van der Waals surface area contributed by atoms with E-state index >= 15 is 0 Å². The molecule has 2 amide bonds. The molecule has 0 spiro atoms. The molecule has 9 nitrogen and oxygen atoms in total. The third kappa shape index (κ3) is 5.43. The molecule has 0 radical (unpaired) electrons. The number of nitrogens with one attached hydrogen (secondary N) is 2. The first-order valence-corrected chi connectivity index (χ1v) is 9.21. The van der Waals surface area contributed by atoms with Gasteiger partial charge in [-0.1, -0.05) is 0 Å². The van der Waals surface area contributed by atoms with Crippen molar-refractivity contribution in [2.24, 2.45) is 0 Å². The van der Waals surface area contributed by atoms with Crippen molar-refractivity contribution in [3.8, 4) is 0 Å². The van der Waals surface area contributed by atoms with Gasteiger partial charge in [-0.3, -0.25) is 14.5 Å². The highest BCUT2D eigenvalue weighted by Crippen LogP contribution is 2.21. The molecule has 1 fully saturated rings. The van der Waals surface area contributed by atoms with Crippen molar-refractivity contribution >= 4 is 23.5 Å². The number of ether oxygens (including phenoxy) is 2. The summed E-state index contributed by atoms with van der Waals surface area (Å²) in [5.41, 5.74) is 0.746. The normalized spacial score (nSPS) is 15.3. The van der Waals surface area contributed by atoms with Crippen molar-refractivity contribution in [3.63, 3.8) is 0 Å². The highest BCUT2D eigenvalue weighted by Gasteiger charge is 2.26. The van der Waals surface area contributed by atoms with Gasteiger partial charge in [0.05, 0.1) is 38.2 Å². The van der Waals surface area contributed by atoms with Crippen LogP contribution in [0, 0.1) is 0 Å². The van der Waals surface area contributed by atoms with Gasteiger partial charge in [0, 0.05) is 25.3 Å². The molecule has 1 saturated heterocycles. The van der Waals surface area contributed by atoms with Crippen LogP contribution in [0.2, 0.25) is 0 Å². The quantitative estimate of drug-likeness (QED) is 0.553. The lowest BCUT2D eigenvalue weighted by Gasteiger charge is -2.33. The third-order valence-electron chi connectivity index (χ3n) is 4.58. The second kappa shape index (κ2) is 9.85. The molecule has 2 heterocycles. The molecule has 1 aliphatic rings. The standard InChI is InChI=1S/C20H23N3O6/c1-27-20(26)14-4-6-15(7-5-14)22-19(25)18(24)21-13-16(17-3-2-10-29-17)23-8-11-28-12-9-23/h2-7,10,16H,8-9,11-13H2,1H3,(H,21,24)(H,22,25). The summed E-state index contributed by atoms with van der Waals surface area (Å²) in [7, 11) is 1.29. The number of furan rings is 1. The summed E-state index contributed by atoms with van der Waals surface area (Å²) in [6.07, 6.45) is 1.58. The Morgan fingerprint density at radius 3 is 2.45 bits per heavy atom. The highest BCUT2D eigenvalue weighted by molar-refractivity contribution is 6.39. The van der Waals surface area contributed by atoms with Crippen molar-refractivity contribution in [2.75, 3.05) is 45.3 Å². The van der Waals surface area contributed by atoms with Gasteiger partial charge in [0.25, 0.3) is 0 Å². The number of nitrogens with zero attached hydrogens (tertiary/aromatic N) is 1. The van der Waals surface area contributed by atoms with E-state index in [1.165, 1.54) is 31.4 Å². The number of anilines is 1. The Morgan fingerprint density at radius 1 is 1.10 bits per heavy atom. The zero-order valence-electron chi connectivity index (χ0n) is 16.1. The molecule has 3 rings (SSSR count). The minimum Gasteiger partial charge on any atom is -0.468 e. The maximum absolute atomic E-state index is 12.3. The second-order valence-electron chi connectivity index (χ2n) is 6.41. The molecule has 1 aromatic heterocycles. The van der Waals surface area contributed by atoms with Crippen LogP contribution in [0.5, 0.6) is 0 Å². The molecular weight excluding hydrogens is 378 g/mol. The fourth-order valence-electron chi connectivity index (χ4n) is 3.04. The van der Waals surface area contributed by atoms with Crippen molar-refractivity contribution in [2.45, 2.75) is 6.04 Å². The maximum Gasteiger partial charge on any atom is 0.337 e. The lowest BCUT2D eigenvalue weighted by molar-refractivity contribution is -0.136. The number of morpholine rings is 1. The number of methoxy groups -OCH3 is 1. The number of carbonyl (C=O) groups is 3. The first kappa shape index (κ1) is 20.6. The van der Waals surface area contributed by atoms with Crippen LogP contribution in [0.1, 0.15) is 22.2 Å². The third-order valence-corrected chi connectivity index (χ3v) is 4.58. The summed E-state index contributed by atoms with van der Waals surface area (Å²) in [4.78, 5) is 38.0. The Kier molecular flexibility index (Phi) is 6.99. The summed E-state index contributed by atoms with van der Waals surface area (Å²) in [6.45, 7) is 2.85. The minimum atomic E-state index is -0.795. The largest absolute Gasteiger partial charge is 0.468 e. The molecule has 0 aliphatic carbocycles. The Hall–Kier alpha value is -3.17. The summed E-state index contributed by atoms with van der Waals surface area (Å²) >= 11 is 0. The second-order valence-corrected chi connectivity index (χ2v) is 6.41. The average Bonchev–Trinajstić information content (AvgIpc) is 3.29.